The van der Waals surface area contributed by atoms with Crippen LogP contribution in [0.5, 0.6) is 0 Å². The second kappa shape index (κ2) is 6.00. The number of hydrogen-bond donors (Lipinski definition) is 3. The first-order chi connectivity index (χ1) is 9.99. The van der Waals surface area contributed by atoms with Crippen molar-refractivity contribution in [1.82, 2.24) is 9.97 Å². The Kier molecular flexibility index (Phi) is 4.13. The molecule has 4 N–H and O–H groups in total. The largest absolute Gasteiger partial charge is 0.477 e. The maximum absolute atomic E-state index is 11.4. The van der Waals surface area contributed by atoms with Crippen molar-refractivity contribution in [2.24, 2.45) is 5.73 Å². The van der Waals surface area contributed by atoms with E-state index in [1.165, 1.54) is 12.3 Å². The Hall–Kier alpha value is -2.96. The molecule has 2 heterocycles. The zero-order chi connectivity index (χ0) is 15.4. The summed E-state index contributed by atoms with van der Waals surface area (Å²) in [6, 6.07) is 4.76. The molecule has 0 aliphatic carbocycles. The van der Waals surface area contributed by atoms with Crippen LogP contribution in [0.2, 0.25) is 0 Å². The number of carboxylic acids is 1. The summed E-state index contributed by atoms with van der Waals surface area (Å²) in [6.07, 6.45) is 3.03. The number of amides is 1. The molecule has 0 radical (unpaired) electrons. The lowest BCUT2D eigenvalue weighted by atomic mass is 10.1. The summed E-state index contributed by atoms with van der Waals surface area (Å²) in [5, 5.41) is 11.8. The van der Waals surface area contributed by atoms with Gasteiger partial charge < -0.3 is 16.2 Å². The number of carboxylic acid groups (broad SMARTS) is 1. The quantitative estimate of drug-likeness (QED) is 0.759. The summed E-state index contributed by atoms with van der Waals surface area (Å²) >= 11 is 0. The van der Waals surface area contributed by atoms with Crippen molar-refractivity contribution in [3.05, 3.63) is 53.0 Å². The first-order valence-electron chi connectivity index (χ1n) is 6.16. The van der Waals surface area contributed by atoms with Gasteiger partial charge in [-0.2, -0.15) is 0 Å². The molecule has 0 atom stereocenters. The van der Waals surface area contributed by atoms with E-state index in [1.54, 1.807) is 25.3 Å². The molecule has 0 bridgehead atoms. The number of anilines is 1. The van der Waals surface area contributed by atoms with Crippen molar-refractivity contribution in [2.75, 3.05) is 5.32 Å². The fourth-order valence-corrected chi connectivity index (χ4v) is 1.84. The lowest BCUT2D eigenvalue weighted by Gasteiger charge is -2.10. The van der Waals surface area contributed by atoms with Crippen LogP contribution in [0.1, 0.15) is 32.0 Å². The summed E-state index contributed by atoms with van der Waals surface area (Å²) in [7, 11) is 0. The molecule has 0 fully saturated rings. The molecular formula is C14H14N4O3. The number of aryl methyl sites for hydroxylation is 1. The van der Waals surface area contributed by atoms with Gasteiger partial charge in [0.05, 0.1) is 5.56 Å². The van der Waals surface area contributed by atoms with Crippen LogP contribution >= 0.6 is 0 Å². The van der Waals surface area contributed by atoms with E-state index in [2.05, 4.69) is 15.3 Å². The minimum Gasteiger partial charge on any atom is -0.477 e. The molecule has 2 aromatic heterocycles. The normalized spacial score (nSPS) is 10.1. The number of carbonyl (C=O) groups is 2. The third-order valence-corrected chi connectivity index (χ3v) is 2.91. The van der Waals surface area contributed by atoms with Crippen LogP contribution in [0.15, 0.2) is 30.6 Å². The number of carbonyl (C=O) groups excluding carboxylic acids is 1. The van der Waals surface area contributed by atoms with E-state index in [9.17, 15) is 9.59 Å². The molecule has 7 nitrogen and oxygen atoms in total. The minimum absolute atomic E-state index is 0.0229. The van der Waals surface area contributed by atoms with Crippen LogP contribution in [0, 0.1) is 6.92 Å². The van der Waals surface area contributed by atoms with E-state index in [1.807, 2.05) is 0 Å². The van der Waals surface area contributed by atoms with E-state index < -0.39 is 11.9 Å². The monoisotopic (exact) mass is 286 g/mol. The van der Waals surface area contributed by atoms with Gasteiger partial charge in [-0.3, -0.25) is 4.79 Å². The Labute approximate surface area is 120 Å². The first-order valence-corrected chi connectivity index (χ1v) is 6.16. The summed E-state index contributed by atoms with van der Waals surface area (Å²) < 4.78 is 0. The van der Waals surface area contributed by atoms with E-state index in [0.29, 0.717) is 17.9 Å². The number of nitrogens with one attached hydrogen (secondary N) is 1. The van der Waals surface area contributed by atoms with E-state index in [-0.39, 0.29) is 5.69 Å². The third kappa shape index (κ3) is 3.33. The fraction of sp³-hybridized carbons (Fsp3) is 0.143. The number of hydrogen-bond acceptors (Lipinski definition) is 5. The second-order valence-corrected chi connectivity index (χ2v) is 4.43. The highest BCUT2D eigenvalue weighted by Crippen LogP contribution is 2.16. The van der Waals surface area contributed by atoms with Crippen LogP contribution < -0.4 is 11.1 Å². The zero-order valence-electron chi connectivity index (χ0n) is 11.3. The molecule has 0 saturated heterocycles. The molecule has 0 spiro atoms. The van der Waals surface area contributed by atoms with Crippen molar-refractivity contribution in [3.8, 4) is 0 Å². The van der Waals surface area contributed by atoms with Crippen molar-refractivity contribution >= 4 is 17.7 Å². The number of pyridine rings is 2. The van der Waals surface area contributed by atoms with Crippen LogP contribution in [-0.2, 0) is 6.54 Å². The highest BCUT2D eigenvalue weighted by atomic mass is 16.4. The van der Waals surface area contributed by atoms with Crippen molar-refractivity contribution in [3.63, 3.8) is 0 Å². The summed E-state index contributed by atoms with van der Waals surface area (Å²) in [5.74, 6) is -1.24. The van der Waals surface area contributed by atoms with Crippen LogP contribution in [0.4, 0.5) is 5.82 Å². The number of primary amides is 1. The molecule has 0 unspecified atom stereocenters. The van der Waals surface area contributed by atoms with Crippen LogP contribution in [-0.4, -0.2) is 27.0 Å². The smallest absolute Gasteiger partial charge is 0.354 e. The maximum atomic E-state index is 11.4. The Balaban J connectivity index is 2.15. The van der Waals surface area contributed by atoms with Gasteiger partial charge >= 0.3 is 5.97 Å². The predicted octanol–water partition coefficient (Wildman–Crippen LogP) is 1.19. The van der Waals surface area contributed by atoms with E-state index >= 15 is 0 Å². The molecule has 7 heteroatoms. The summed E-state index contributed by atoms with van der Waals surface area (Å²) in [5.41, 5.74) is 7.16. The molecule has 21 heavy (non-hydrogen) atoms. The summed E-state index contributed by atoms with van der Waals surface area (Å²) in [6.45, 7) is 2.12. The van der Waals surface area contributed by atoms with E-state index in [0.717, 1.165) is 11.1 Å². The van der Waals surface area contributed by atoms with Gasteiger partial charge in [-0.05, 0) is 30.2 Å². The lowest BCUT2D eigenvalue weighted by molar-refractivity contribution is 0.0690. The Morgan fingerprint density at radius 2 is 2.05 bits per heavy atom. The molecule has 0 aliphatic rings. The highest BCUT2D eigenvalue weighted by molar-refractivity contribution is 5.98. The minimum atomic E-state index is -1.08. The average Bonchev–Trinajstić information content (AvgIpc) is 2.45. The number of nitrogens with two attached hydrogens (primary N) is 1. The predicted molar refractivity (Wildman–Crippen MR) is 76.0 cm³/mol. The number of rotatable bonds is 5. The number of aromatic carboxylic acids is 1. The van der Waals surface area contributed by atoms with Gasteiger partial charge in [0.25, 0.3) is 5.91 Å². The Morgan fingerprint density at radius 1 is 1.29 bits per heavy atom. The van der Waals surface area contributed by atoms with Crippen LogP contribution in [0.25, 0.3) is 0 Å². The molecule has 0 aliphatic heterocycles. The lowest BCUT2D eigenvalue weighted by Crippen LogP contribution is -2.17. The standard InChI is InChI=1S/C14H14N4O3/c1-8-4-5-16-13(11(8)12(15)19)18-7-9-2-3-10(14(20)21)17-6-9/h2-6H,7H2,1H3,(H2,15,19)(H,16,18)(H,20,21). The van der Waals surface area contributed by atoms with Gasteiger partial charge in [0.15, 0.2) is 0 Å². The third-order valence-electron chi connectivity index (χ3n) is 2.91. The molecule has 0 aromatic carbocycles. The summed E-state index contributed by atoms with van der Waals surface area (Å²) in [4.78, 5) is 30.1. The SMILES string of the molecule is Cc1ccnc(NCc2ccc(C(=O)O)nc2)c1C(N)=O. The molecule has 108 valence electrons. The van der Waals surface area contributed by atoms with Crippen LogP contribution in [0.3, 0.4) is 0 Å². The number of nitrogens with zero attached hydrogens (tertiary/aromatic N) is 2. The van der Waals surface area contributed by atoms with Crippen molar-refractivity contribution in [2.45, 2.75) is 13.5 Å². The average molecular weight is 286 g/mol. The maximum Gasteiger partial charge on any atom is 0.354 e. The molecule has 2 rings (SSSR count). The zero-order valence-corrected chi connectivity index (χ0v) is 11.3. The molecule has 2 aromatic rings. The van der Waals surface area contributed by atoms with Crippen molar-refractivity contribution < 1.29 is 14.7 Å². The number of aromatic nitrogens is 2. The fourth-order valence-electron chi connectivity index (χ4n) is 1.84. The van der Waals surface area contributed by atoms with E-state index in [4.69, 9.17) is 10.8 Å². The van der Waals surface area contributed by atoms with Gasteiger partial charge in [-0.1, -0.05) is 6.07 Å². The highest BCUT2D eigenvalue weighted by Gasteiger charge is 2.12. The molecule has 1 amide bonds. The van der Waals surface area contributed by atoms with Gasteiger partial charge in [-0.15, -0.1) is 0 Å². The molecular weight excluding hydrogens is 272 g/mol. The van der Waals surface area contributed by atoms with Crippen molar-refractivity contribution in [1.29, 1.82) is 0 Å². The van der Waals surface area contributed by atoms with Gasteiger partial charge in [-0.25, -0.2) is 14.8 Å². The molecule has 0 saturated carbocycles. The Morgan fingerprint density at radius 3 is 2.62 bits per heavy atom. The van der Waals surface area contributed by atoms with Gasteiger partial charge in [0, 0.05) is 18.9 Å². The Bertz CT molecular complexity index is 683. The first kappa shape index (κ1) is 14.4. The van der Waals surface area contributed by atoms with Gasteiger partial charge in [0.2, 0.25) is 0 Å². The second-order valence-electron chi connectivity index (χ2n) is 4.43. The van der Waals surface area contributed by atoms with Gasteiger partial charge in [0.1, 0.15) is 11.5 Å². The topological polar surface area (TPSA) is 118 Å².